The molecule has 7 nitrogen and oxygen atoms in total. The van der Waals surface area contributed by atoms with Crippen molar-refractivity contribution in [1.82, 2.24) is 15.5 Å². The lowest BCUT2D eigenvalue weighted by Gasteiger charge is -2.35. The fraction of sp³-hybridized carbons (Fsp3) is 0.625. The smallest absolute Gasteiger partial charge is 0.408 e. The first-order chi connectivity index (χ1) is 14.2. The second-order valence-electron chi connectivity index (χ2n) is 9.81. The van der Waals surface area contributed by atoms with Crippen LogP contribution in [0, 0.1) is 0 Å². The molecule has 1 rings (SSSR count). The molecule has 0 aliphatic heterocycles. The lowest BCUT2D eigenvalue weighted by atomic mass is 10.0. The Morgan fingerprint density at radius 2 is 1.61 bits per heavy atom. The first kappa shape index (κ1) is 26.5. The van der Waals surface area contributed by atoms with Gasteiger partial charge >= 0.3 is 6.09 Å². The van der Waals surface area contributed by atoms with E-state index >= 15 is 0 Å². The first-order valence-electron chi connectivity index (χ1n) is 10.9. The third-order valence-electron chi connectivity index (χ3n) is 4.31. The summed E-state index contributed by atoms with van der Waals surface area (Å²) in [7, 11) is 0. The second-order valence-corrected chi connectivity index (χ2v) is 9.81. The number of amides is 3. The number of ether oxygens (including phenoxy) is 1. The number of hydrogen-bond acceptors (Lipinski definition) is 4. The second kappa shape index (κ2) is 11.2. The van der Waals surface area contributed by atoms with Gasteiger partial charge in [0.25, 0.3) is 0 Å². The Hall–Kier alpha value is -2.57. The summed E-state index contributed by atoms with van der Waals surface area (Å²) in [5.74, 6) is -0.593. The van der Waals surface area contributed by atoms with Crippen molar-refractivity contribution in [3.8, 4) is 0 Å². The Balaban J connectivity index is 3.23. The Bertz CT molecular complexity index is 735. The molecular weight excluding hydrogens is 394 g/mol. The Morgan fingerprint density at radius 3 is 2.10 bits per heavy atom. The summed E-state index contributed by atoms with van der Waals surface area (Å²) >= 11 is 0. The zero-order valence-electron chi connectivity index (χ0n) is 20.2. The highest BCUT2D eigenvalue weighted by Gasteiger charge is 2.35. The molecule has 0 heterocycles. The van der Waals surface area contributed by atoms with Gasteiger partial charge in [0.05, 0.1) is 0 Å². The number of alkyl carbamates (subject to hydrolysis) is 1. The summed E-state index contributed by atoms with van der Waals surface area (Å²) in [4.78, 5) is 40.4. The van der Waals surface area contributed by atoms with E-state index in [1.807, 2.05) is 58.0 Å². The quantitative estimate of drug-likeness (QED) is 0.644. The largest absolute Gasteiger partial charge is 0.444 e. The van der Waals surface area contributed by atoms with Crippen molar-refractivity contribution in [2.24, 2.45) is 0 Å². The Morgan fingerprint density at radius 1 is 1.03 bits per heavy atom. The van der Waals surface area contributed by atoms with Crippen LogP contribution < -0.4 is 10.6 Å². The molecule has 2 unspecified atom stereocenters. The summed E-state index contributed by atoms with van der Waals surface area (Å²) in [6.07, 6.45) is 0.927. The van der Waals surface area contributed by atoms with Gasteiger partial charge in [-0.05, 0) is 60.5 Å². The molecule has 7 heteroatoms. The topological polar surface area (TPSA) is 87.7 Å². The zero-order valence-corrected chi connectivity index (χ0v) is 20.2. The average Bonchev–Trinajstić information content (AvgIpc) is 2.62. The van der Waals surface area contributed by atoms with Crippen LogP contribution in [-0.4, -0.2) is 46.5 Å². The molecule has 31 heavy (non-hydrogen) atoms. The van der Waals surface area contributed by atoms with Gasteiger partial charge in [0, 0.05) is 12.1 Å². The van der Waals surface area contributed by atoms with Crippen LogP contribution in [0.4, 0.5) is 4.79 Å². The maximum atomic E-state index is 13.4. The van der Waals surface area contributed by atoms with Gasteiger partial charge in [0.15, 0.2) is 0 Å². The van der Waals surface area contributed by atoms with Gasteiger partial charge < -0.3 is 20.3 Å². The van der Waals surface area contributed by atoms with Crippen molar-refractivity contribution >= 4 is 17.9 Å². The van der Waals surface area contributed by atoms with Gasteiger partial charge in [0.2, 0.25) is 11.8 Å². The molecular formula is C24H39N3O4. The molecule has 0 spiro atoms. The first-order valence-corrected chi connectivity index (χ1v) is 10.9. The third-order valence-corrected chi connectivity index (χ3v) is 4.31. The molecule has 2 N–H and O–H groups in total. The number of carbonyl (C=O) groups is 3. The Kier molecular flexibility index (Phi) is 9.53. The zero-order chi connectivity index (χ0) is 23.8. The molecule has 0 bridgehead atoms. The number of benzene rings is 1. The van der Waals surface area contributed by atoms with Crippen molar-refractivity contribution < 1.29 is 19.1 Å². The van der Waals surface area contributed by atoms with Gasteiger partial charge in [-0.25, -0.2) is 4.79 Å². The Labute approximate surface area is 186 Å². The maximum absolute atomic E-state index is 13.4. The molecule has 3 amide bonds. The molecule has 174 valence electrons. The minimum Gasteiger partial charge on any atom is -0.444 e. The van der Waals surface area contributed by atoms with Crippen molar-refractivity contribution in [2.45, 2.75) is 91.5 Å². The number of carbonyl (C=O) groups excluding carboxylic acids is 3. The lowest BCUT2D eigenvalue weighted by Crippen LogP contribution is -2.54. The lowest BCUT2D eigenvalue weighted by molar-refractivity contribution is -0.142. The molecule has 0 aliphatic carbocycles. The van der Waals surface area contributed by atoms with E-state index in [4.69, 9.17) is 4.74 Å². The van der Waals surface area contributed by atoms with Gasteiger partial charge in [-0.2, -0.15) is 0 Å². The van der Waals surface area contributed by atoms with Crippen molar-refractivity contribution in [1.29, 1.82) is 0 Å². The third kappa shape index (κ3) is 9.40. The molecule has 0 fully saturated rings. The number of hydrogen-bond donors (Lipinski definition) is 2. The van der Waals surface area contributed by atoms with E-state index in [9.17, 15) is 14.4 Å². The molecule has 2 atom stereocenters. The molecule has 0 aromatic heterocycles. The summed E-state index contributed by atoms with van der Waals surface area (Å²) in [6, 6.07) is 7.58. The van der Waals surface area contributed by atoms with E-state index in [1.54, 1.807) is 32.6 Å². The molecule has 0 saturated heterocycles. The predicted octanol–water partition coefficient (Wildman–Crippen LogP) is 4.18. The summed E-state index contributed by atoms with van der Waals surface area (Å²) in [6.45, 7) is 15.0. The minimum absolute atomic E-state index is 0.257. The van der Waals surface area contributed by atoms with E-state index in [0.29, 0.717) is 6.54 Å². The van der Waals surface area contributed by atoms with Crippen LogP contribution in [0.5, 0.6) is 0 Å². The van der Waals surface area contributed by atoms with Crippen LogP contribution in [0.1, 0.15) is 79.8 Å². The number of rotatable bonds is 8. The average molecular weight is 434 g/mol. The molecule has 1 aromatic rings. The van der Waals surface area contributed by atoms with E-state index in [-0.39, 0.29) is 11.8 Å². The molecule has 1 aromatic carbocycles. The van der Waals surface area contributed by atoms with Crippen LogP contribution in [0.15, 0.2) is 30.3 Å². The number of unbranched alkanes of at least 4 members (excludes halogenated alkanes) is 1. The van der Waals surface area contributed by atoms with Crippen molar-refractivity contribution in [2.75, 3.05) is 6.54 Å². The van der Waals surface area contributed by atoms with Gasteiger partial charge in [-0.15, -0.1) is 0 Å². The number of nitrogens with zero attached hydrogens (tertiary/aromatic N) is 1. The monoisotopic (exact) mass is 433 g/mol. The maximum Gasteiger partial charge on any atom is 0.408 e. The van der Waals surface area contributed by atoms with Crippen LogP contribution in [0.3, 0.4) is 0 Å². The van der Waals surface area contributed by atoms with E-state index in [2.05, 4.69) is 10.6 Å². The minimum atomic E-state index is -0.847. The summed E-state index contributed by atoms with van der Waals surface area (Å²) < 4.78 is 5.28. The van der Waals surface area contributed by atoms with Gasteiger partial charge in [-0.1, -0.05) is 43.7 Å². The number of nitrogens with one attached hydrogen (secondary N) is 2. The molecule has 0 saturated carbocycles. The SMILES string of the molecule is CCCCN(C(=O)C(C)NC(=O)OC(C)(C)C)C(C(=O)NC(C)(C)C)c1ccccc1. The van der Waals surface area contributed by atoms with Crippen LogP contribution in [-0.2, 0) is 14.3 Å². The van der Waals surface area contributed by atoms with Crippen molar-refractivity contribution in [3.05, 3.63) is 35.9 Å². The highest BCUT2D eigenvalue weighted by molar-refractivity contribution is 5.92. The van der Waals surface area contributed by atoms with Crippen LogP contribution >= 0.6 is 0 Å². The van der Waals surface area contributed by atoms with Crippen LogP contribution in [0.2, 0.25) is 0 Å². The van der Waals surface area contributed by atoms with Crippen LogP contribution in [0.25, 0.3) is 0 Å². The van der Waals surface area contributed by atoms with E-state index in [0.717, 1.165) is 18.4 Å². The van der Waals surface area contributed by atoms with E-state index < -0.39 is 29.3 Å². The van der Waals surface area contributed by atoms with Gasteiger partial charge in [-0.3, -0.25) is 9.59 Å². The summed E-state index contributed by atoms with van der Waals surface area (Å²) in [5.41, 5.74) is -0.407. The van der Waals surface area contributed by atoms with Crippen molar-refractivity contribution in [3.63, 3.8) is 0 Å². The molecule has 0 aliphatic rings. The fourth-order valence-electron chi connectivity index (χ4n) is 3.04. The normalized spacial score (nSPS) is 13.7. The highest BCUT2D eigenvalue weighted by atomic mass is 16.6. The highest BCUT2D eigenvalue weighted by Crippen LogP contribution is 2.24. The fourth-order valence-corrected chi connectivity index (χ4v) is 3.04. The predicted molar refractivity (Wildman–Crippen MR) is 123 cm³/mol. The standard InChI is InChI=1S/C24H39N3O4/c1-9-10-16-27(21(29)17(2)25-22(30)31-24(6,7)8)19(18-14-12-11-13-15-18)20(28)26-23(3,4)5/h11-15,17,19H,9-10,16H2,1-8H3,(H,25,30)(H,26,28). The molecule has 0 radical (unpaired) electrons. The summed E-state index contributed by atoms with van der Waals surface area (Å²) in [5, 5.41) is 5.60. The van der Waals surface area contributed by atoms with Gasteiger partial charge in [0.1, 0.15) is 17.7 Å². The van der Waals surface area contributed by atoms with E-state index in [1.165, 1.54) is 0 Å².